The van der Waals surface area contributed by atoms with Crippen molar-refractivity contribution in [3.05, 3.63) is 90.9 Å². The molecule has 9 nitrogen and oxygen atoms in total. The number of rotatable bonds is 7. The summed E-state index contributed by atoms with van der Waals surface area (Å²) in [5, 5.41) is 18.0. The van der Waals surface area contributed by atoms with E-state index in [1.54, 1.807) is 26.2 Å². The molecule has 0 fully saturated rings. The number of nitro benzene ring substituents is 1. The van der Waals surface area contributed by atoms with Gasteiger partial charge in [0.05, 0.1) is 22.0 Å². The molecule has 0 aliphatic rings. The van der Waals surface area contributed by atoms with Gasteiger partial charge in [0.2, 0.25) is 4.80 Å². The number of nitro groups is 1. The number of para-hydroxylation sites is 1. The quantitative estimate of drug-likeness (QED) is 0.191. The van der Waals surface area contributed by atoms with Crippen LogP contribution in [0, 0.1) is 23.0 Å². The van der Waals surface area contributed by atoms with Crippen LogP contribution in [-0.4, -0.2) is 24.7 Å². The summed E-state index contributed by atoms with van der Waals surface area (Å²) in [6.45, 7) is 8.03. The number of hydrogen-bond acceptors (Lipinski definition) is 6. The minimum atomic E-state index is -0.419. The Kier molecular flexibility index (Phi) is 7.16. The summed E-state index contributed by atoms with van der Waals surface area (Å²) in [7, 11) is 1.82. The van der Waals surface area contributed by atoms with Crippen molar-refractivity contribution in [2.75, 3.05) is 0 Å². The van der Waals surface area contributed by atoms with E-state index in [1.165, 1.54) is 23.5 Å². The molecule has 36 heavy (non-hydrogen) atoms. The van der Waals surface area contributed by atoms with Crippen LogP contribution < -0.4 is 10.4 Å². The van der Waals surface area contributed by atoms with Crippen LogP contribution in [0.1, 0.15) is 32.9 Å². The molecule has 0 spiro atoms. The van der Waals surface area contributed by atoms with Crippen LogP contribution in [0.2, 0.25) is 0 Å². The molecule has 0 radical (unpaired) electrons. The van der Waals surface area contributed by atoms with Crippen molar-refractivity contribution < 1.29 is 4.92 Å². The van der Waals surface area contributed by atoms with E-state index < -0.39 is 4.92 Å². The van der Waals surface area contributed by atoms with Crippen molar-refractivity contribution in [3.8, 4) is 16.9 Å². The van der Waals surface area contributed by atoms with E-state index in [9.17, 15) is 14.9 Å². The Labute approximate surface area is 212 Å². The standard InChI is InChI=1S/C26H28N6O3S/c1-17(2)14-18(3)28-30-23(20-10-9-13-22(15-20)32(34)35)16-36-26(30)27-24-19(4)29(5)31(25(24)33)21-11-7-6-8-12-21/h6-13,15-17H,14H2,1-5H3. The van der Waals surface area contributed by atoms with E-state index in [0.29, 0.717) is 33.4 Å². The van der Waals surface area contributed by atoms with Gasteiger partial charge >= 0.3 is 0 Å². The summed E-state index contributed by atoms with van der Waals surface area (Å²) in [5.41, 5.74) is 3.75. The van der Waals surface area contributed by atoms with Crippen LogP contribution >= 0.6 is 11.3 Å². The van der Waals surface area contributed by atoms with Crippen LogP contribution in [0.3, 0.4) is 0 Å². The number of hydrogen-bond donors (Lipinski definition) is 0. The van der Waals surface area contributed by atoms with Crippen molar-refractivity contribution >= 4 is 28.4 Å². The van der Waals surface area contributed by atoms with Crippen molar-refractivity contribution in [1.29, 1.82) is 0 Å². The Morgan fingerprint density at radius 2 is 1.86 bits per heavy atom. The maximum atomic E-state index is 13.4. The molecular formula is C26H28N6O3S. The number of thiazole rings is 1. The molecule has 0 aliphatic carbocycles. The first-order valence-electron chi connectivity index (χ1n) is 11.6. The molecule has 2 heterocycles. The van der Waals surface area contributed by atoms with E-state index in [4.69, 9.17) is 10.1 Å². The van der Waals surface area contributed by atoms with Gasteiger partial charge in [0, 0.05) is 35.8 Å². The molecule has 0 amide bonds. The highest BCUT2D eigenvalue weighted by atomic mass is 32.1. The summed E-state index contributed by atoms with van der Waals surface area (Å²) in [5.74, 6) is 0.407. The second-order valence-corrected chi connectivity index (χ2v) is 9.81. The van der Waals surface area contributed by atoms with Gasteiger partial charge in [-0.3, -0.25) is 19.6 Å². The first-order chi connectivity index (χ1) is 17.2. The minimum Gasteiger partial charge on any atom is -0.283 e. The molecule has 0 atom stereocenters. The third-order valence-electron chi connectivity index (χ3n) is 5.74. The zero-order valence-corrected chi connectivity index (χ0v) is 21.7. The highest BCUT2D eigenvalue weighted by Crippen LogP contribution is 2.25. The number of aromatic nitrogens is 3. The van der Waals surface area contributed by atoms with Crippen LogP contribution in [0.5, 0.6) is 0 Å². The highest BCUT2D eigenvalue weighted by molar-refractivity contribution is 7.07. The van der Waals surface area contributed by atoms with Crippen molar-refractivity contribution in [1.82, 2.24) is 14.0 Å². The van der Waals surface area contributed by atoms with Gasteiger partial charge in [-0.05, 0) is 38.3 Å². The summed E-state index contributed by atoms with van der Waals surface area (Å²) in [6.07, 6.45) is 0.780. The molecule has 4 rings (SSSR count). The average molecular weight is 505 g/mol. The predicted molar refractivity (Wildman–Crippen MR) is 143 cm³/mol. The second-order valence-electron chi connectivity index (χ2n) is 8.98. The second kappa shape index (κ2) is 10.3. The lowest BCUT2D eigenvalue weighted by Crippen LogP contribution is -2.20. The predicted octanol–water partition coefficient (Wildman–Crippen LogP) is 5.43. The molecule has 10 heteroatoms. The lowest BCUT2D eigenvalue weighted by atomic mass is 10.1. The van der Waals surface area contributed by atoms with E-state index in [0.717, 1.165) is 17.8 Å². The van der Waals surface area contributed by atoms with Gasteiger partial charge in [-0.2, -0.15) is 5.10 Å². The van der Waals surface area contributed by atoms with Gasteiger partial charge in [0.25, 0.3) is 11.2 Å². The third-order valence-corrected chi connectivity index (χ3v) is 6.56. The van der Waals surface area contributed by atoms with Gasteiger partial charge in [-0.15, -0.1) is 11.3 Å². The molecule has 2 aromatic carbocycles. The molecule has 0 N–H and O–H groups in total. The summed E-state index contributed by atoms with van der Waals surface area (Å²) in [4.78, 5) is 29.6. The molecule has 2 aromatic heterocycles. The monoisotopic (exact) mass is 504 g/mol. The fraction of sp³-hybridized carbons (Fsp3) is 0.269. The molecule has 0 saturated heterocycles. The van der Waals surface area contributed by atoms with Crippen LogP contribution in [0.15, 0.2) is 74.9 Å². The molecule has 4 aromatic rings. The first-order valence-corrected chi connectivity index (χ1v) is 12.4. The van der Waals surface area contributed by atoms with Crippen molar-refractivity contribution in [3.63, 3.8) is 0 Å². The number of benzene rings is 2. The van der Waals surface area contributed by atoms with Gasteiger partial charge in [-0.1, -0.05) is 44.2 Å². The Morgan fingerprint density at radius 1 is 1.14 bits per heavy atom. The lowest BCUT2D eigenvalue weighted by Gasteiger charge is -2.07. The SMILES string of the molecule is CC(CC(C)C)=Nn1c(-c2cccc([N+](=O)[O-])c2)csc1=Nc1c(C)n(C)n(-c2ccccc2)c1=O. The van der Waals surface area contributed by atoms with Crippen LogP contribution in [-0.2, 0) is 7.05 Å². The molecular weight excluding hydrogens is 476 g/mol. The fourth-order valence-electron chi connectivity index (χ4n) is 4.03. The Morgan fingerprint density at radius 3 is 2.53 bits per heavy atom. The van der Waals surface area contributed by atoms with Gasteiger partial charge in [-0.25, -0.2) is 14.4 Å². The van der Waals surface area contributed by atoms with Crippen molar-refractivity contribution in [2.45, 2.75) is 34.1 Å². The maximum Gasteiger partial charge on any atom is 0.297 e. The van der Waals surface area contributed by atoms with Gasteiger partial charge < -0.3 is 0 Å². The highest BCUT2D eigenvalue weighted by Gasteiger charge is 2.18. The van der Waals surface area contributed by atoms with E-state index in [-0.39, 0.29) is 11.2 Å². The van der Waals surface area contributed by atoms with Crippen LogP contribution in [0.25, 0.3) is 16.9 Å². The zero-order valence-electron chi connectivity index (χ0n) is 20.9. The van der Waals surface area contributed by atoms with Crippen molar-refractivity contribution in [2.24, 2.45) is 23.1 Å². The summed E-state index contributed by atoms with van der Waals surface area (Å²) in [6, 6.07) is 15.8. The Hall–Kier alpha value is -4.05. The molecule has 0 saturated carbocycles. The summed E-state index contributed by atoms with van der Waals surface area (Å²) >= 11 is 1.33. The molecule has 0 bridgehead atoms. The minimum absolute atomic E-state index is 0.00345. The average Bonchev–Trinajstić information content (AvgIpc) is 3.32. The first kappa shape index (κ1) is 25.1. The van der Waals surface area contributed by atoms with E-state index in [1.807, 2.05) is 56.6 Å². The van der Waals surface area contributed by atoms with E-state index >= 15 is 0 Å². The molecule has 0 aliphatic heterocycles. The van der Waals surface area contributed by atoms with Gasteiger partial charge in [0.15, 0.2) is 5.69 Å². The summed E-state index contributed by atoms with van der Waals surface area (Å²) < 4.78 is 5.05. The Balaban J connectivity index is 1.94. The number of non-ortho nitro benzene ring substituents is 1. The zero-order chi connectivity index (χ0) is 26.0. The van der Waals surface area contributed by atoms with E-state index in [2.05, 4.69) is 13.8 Å². The lowest BCUT2D eigenvalue weighted by molar-refractivity contribution is -0.384. The van der Waals surface area contributed by atoms with Crippen LogP contribution in [0.4, 0.5) is 11.4 Å². The molecule has 186 valence electrons. The van der Waals surface area contributed by atoms with Gasteiger partial charge in [0.1, 0.15) is 0 Å². The Bertz CT molecular complexity index is 1570. The normalized spacial score (nSPS) is 12.5. The fourth-order valence-corrected chi connectivity index (χ4v) is 4.87. The molecule has 0 unspecified atom stereocenters. The largest absolute Gasteiger partial charge is 0.297 e. The third kappa shape index (κ3) is 4.99. The maximum absolute atomic E-state index is 13.4. The topological polar surface area (TPSA) is 99.7 Å². The smallest absolute Gasteiger partial charge is 0.283 e. The number of nitrogens with zero attached hydrogens (tertiary/aromatic N) is 6.